The molecule has 1 unspecified atom stereocenters. The van der Waals surface area contributed by atoms with Gasteiger partial charge in [0.1, 0.15) is 5.82 Å². The lowest BCUT2D eigenvalue weighted by Crippen LogP contribution is -2.20. The van der Waals surface area contributed by atoms with E-state index in [2.05, 4.69) is 10.6 Å². The van der Waals surface area contributed by atoms with Crippen LogP contribution < -0.4 is 0 Å². The molecule has 1 aliphatic rings. The number of ketones is 1. The predicted molar refractivity (Wildman–Crippen MR) is 108 cm³/mol. The number of hydrogen-bond acceptors (Lipinski definition) is 2. The van der Waals surface area contributed by atoms with Gasteiger partial charge in [0.05, 0.1) is 16.7 Å². The van der Waals surface area contributed by atoms with Crippen LogP contribution >= 0.6 is 11.6 Å². The molecule has 0 N–H and O–H groups in total. The molecule has 1 aromatic heterocycles. The van der Waals surface area contributed by atoms with Crippen LogP contribution in [-0.2, 0) is 6.42 Å². The quantitative estimate of drug-likeness (QED) is 0.436. The number of Topliss-reactive ketones (excluding diaryl/α,β-unsaturated/α-hetero) is 1. The zero-order valence-electron chi connectivity index (χ0n) is 14.6. The van der Waals surface area contributed by atoms with Crippen molar-refractivity contribution in [3.05, 3.63) is 94.8 Å². The summed E-state index contributed by atoms with van der Waals surface area (Å²) < 4.78 is 2.14. The summed E-state index contributed by atoms with van der Waals surface area (Å²) in [7, 11) is 0. The first-order valence-electron chi connectivity index (χ1n) is 9.08. The molecule has 3 nitrogen and oxygen atoms in total. The molecule has 4 aromatic rings. The summed E-state index contributed by atoms with van der Waals surface area (Å²) in [6, 6.07) is 23.5. The number of halogens is 1. The Balaban J connectivity index is 1.72. The van der Waals surface area contributed by atoms with Gasteiger partial charge in [-0.25, -0.2) is 4.98 Å². The highest BCUT2D eigenvalue weighted by molar-refractivity contribution is 6.30. The standard InChI is InChI=1S/C23H17ClN2O/c24-16-11-9-15(10-12-16)17-13-14-22-25-19-6-2-4-8-21(19)26(22)20-7-3-1-5-18(20)23(17)27/h1-12,17H,13-14H2. The van der Waals surface area contributed by atoms with Crippen molar-refractivity contribution in [1.29, 1.82) is 0 Å². The first-order valence-corrected chi connectivity index (χ1v) is 9.45. The Morgan fingerprint density at radius 2 is 1.67 bits per heavy atom. The molecule has 5 rings (SSSR count). The number of carbonyl (C=O) groups excluding carboxylic acids is 1. The highest BCUT2D eigenvalue weighted by Gasteiger charge is 2.29. The molecule has 27 heavy (non-hydrogen) atoms. The van der Waals surface area contributed by atoms with Crippen LogP contribution in [0, 0.1) is 0 Å². The van der Waals surface area contributed by atoms with Gasteiger partial charge < -0.3 is 0 Å². The molecule has 2 heterocycles. The fourth-order valence-corrected chi connectivity index (χ4v) is 4.12. The summed E-state index contributed by atoms with van der Waals surface area (Å²) in [5.74, 6) is 0.948. The lowest BCUT2D eigenvalue weighted by Gasteiger charge is -2.23. The first-order chi connectivity index (χ1) is 13.2. The van der Waals surface area contributed by atoms with E-state index in [4.69, 9.17) is 16.6 Å². The Bertz CT molecular complexity index is 1160. The molecule has 0 aliphatic carbocycles. The normalized spacial score (nSPS) is 16.5. The molecule has 0 spiro atoms. The van der Waals surface area contributed by atoms with Gasteiger partial charge in [-0.2, -0.15) is 0 Å². The van der Waals surface area contributed by atoms with E-state index in [1.807, 2.05) is 66.7 Å². The van der Waals surface area contributed by atoms with Crippen molar-refractivity contribution in [2.45, 2.75) is 18.8 Å². The largest absolute Gasteiger partial charge is 0.296 e. The molecule has 0 saturated carbocycles. The minimum atomic E-state index is -0.197. The third-order valence-corrected chi connectivity index (χ3v) is 5.54. The first kappa shape index (κ1) is 16.3. The van der Waals surface area contributed by atoms with E-state index in [1.54, 1.807) is 0 Å². The molecule has 0 saturated heterocycles. The number of hydrogen-bond donors (Lipinski definition) is 0. The van der Waals surface area contributed by atoms with Gasteiger partial charge in [0, 0.05) is 22.9 Å². The van der Waals surface area contributed by atoms with Gasteiger partial charge in [-0.3, -0.25) is 9.36 Å². The van der Waals surface area contributed by atoms with E-state index < -0.39 is 0 Å². The summed E-state index contributed by atoms with van der Waals surface area (Å²) >= 11 is 6.04. The average molecular weight is 373 g/mol. The van der Waals surface area contributed by atoms with Crippen LogP contribution in [0.3, 0.4) is 0 Å². The van der Waals surface area contributed by atoms with E-state index in [0.29, 0.717) is 5.02 Å². The van der Waals surface area contributed by atoms with E-state index in [9.17, 15) is 4.79 Å². The van der Waals surface area contributed by atoms with Crippen LogP contribution in [0.1, 0.15) is 34.1 Å². The summed E-state index contributed by atoms with van der Waals surface area (Å²) in [6.07, 6.45) is 1.46. The van der Waals surface area contributed by atoms with Crippen LogP contribution in [0.25, 0.3) is 16.7 Å². The summed E-state index contributed by atoms with van der Waals surface area (Å²) in [5.41, 5.74) is 4.65. The van der Waals surface area contributed by atoms with Crippen LogP contribution in [0.15, 0.2) is 72.8 Å². The van der Waals surface area contributed by atoms with Gasteiger partial charge in [-0.1, -0.05) is 48.0 Å². The third-order valence-electron chi connectivity index (χ3n) is 5.29. The molecule has 0 fully saturated rings. The van der Waals surface area contributed by atoms with Crippen molar-refractivity contribution in [3.63, 3.8) is 0 Å². The molecule has 0 amide bonds. The highest BCUT2D eigenvalue weighted by Crippen LogP contribution is 2.34. The smallest absolute Gasteiger partial charge is 0.172 e. The summed E-state index contributed by atoms with van der Waals surface area (Å²) in [4.78, 5) is 18.3. The maximum absolute atomic E-state index is 13.5. The summed E-state index contributed by atoms with van der Waals surface area (Å²) in [6.45, 7) is 0. The Kier molecular flexibility index (Phi) is 3.83. The van der Waals surface area contributed by atoms with Gasteiger partial charge in [0.2, 0.25) is 0 Å². The maximum Gasteiger partial charge on any atom is 0.172 e. The highest BCUT2D eigenvalue weighted by atomic mass is 35.5. The fraction of sp³-hybridized carbons (Fsp3) is 0.130. The number of carbonyl (C=O) groups is 1. The fourth-order valence-electron chi connectivity index (χ4n) is 3.99. The topological polar surface area (TPSA) is 34.9 Å². The lowest BCUT2D eigenvalue weighted by molar-refractivity contribution is 0.0953. The lowest BCUT2D eigenvalue weighted by atomic mass is 9.85. The van der Waals surface area contributed by atoms with Crippen LogP contribution in [-0.4, -0.2) is 15.3 Å². The Morgan fingerprint density at radius 3 is 2.52 bits per heavy atom. The molecule has 0 bridgehead atoms. The number of aromatic nitrogens is 2. The van der Waals surface area contributed by atoms with Crippen LogP contribution in [0.2, 0.25) is 5.02 Å². The Morgan fingerprint density at radius 1 is 0.926 bits per heavy atom. The second-order valence-electron chi connectivity index (χ2n) is 6.88. The maximum atomic E-state index is 13.5. The van der Waals surface area contributed by atoms with Crippen molar-refractivity contribution >= 4 is 28.4 Å². The predicted octanol–water partition coefficient (Wildman–Crippen LogP) is 5.59. The van der Waals surface area contributed by atoms with Gasteiger partial charge in [0.25, 0.3) is 0 Å². The number of aryl methyl sites for hydroxylation is 1. The molecular weight excluding hydrogens is 356 g/mol. The van der Waals surface area contributed by atoms with Crippen LogP contribution in [0.5, 0.6) is 0 Å². The second kappa shape index (κ2) is 6.36. The summed E-state index contributed by atoms with van der Waals surface area (Å²) in [5, 5.41) is 0.680. The minimum absolute atomic E-state index is 0.149. The zero-order valence-corrected chi connectivity index (χ0v) is 15.4. The van der Waals surface area contributed by atoms with Crippen molar-refractivity contribution in [3.8, 4) is 5.69 Å². The number of imidazole rings is 1. The van der Waals surface area contributed by atoms with Crippen molar-refractivity contribution in [2.24, 2.45) is 0 Å². The van der Waals surface area contributed by atoms with Gasteiger partial charge in [-0.15, -0.1) is 0 Å². The number of nitrogens with zero attached hydrogens (tertiary/aromatic N) is 2. The van der Waals surface area contributed by atoms with Gasteiger partial charge in [0.15, 0.2) is 5.78 Å². The van der Waals surface area contributed by atoms with E-state index >= 15 is 0 Å². The number of rotatable bonds is 1. The minimum Gasteiger partial charge on any atom is -0.296 e. The average Bonchev–Trinajstić information content (AvgIpc) is 3.06. The van der Waals surface area contributed by atoms with Gasteiger partial charge >= 0.3 is 0 Å². The molecular formula is C23H17ClN2O. The third kappa shape index (κ3) is 2.66. The van der Waals surface area contributed by atoms with Gasteiger partial charge in [-0.05, 0) is 48.4 Å². The molecule has 0 radical (unpaired) electrons. The van der Waals surface area contributed by atoms with E-state index in [0.717, 1.165) is 46.5 Å². The number of fused-ring (bicyclic) bond motifs is 5. The van der Waals surface area contributed by atoms with E-state index in [-0.39, 0.29) is 11.7 Å². The number of benzene rings is 3. The molecule has 1 atom stereocenters. The second-order valence-corrected chi connectivity index (χ2v) is 7.31. The van der Waals surface area contributed by atoms with Crippen molar-refractivity contribution in [2.75, 3.05) is 0 Å². The van der Waals surface area contributed by atoms with Crippen LogP contribution in [0.4, 0.5) is 0 Å². The molecule has 4 heteroatoms. The molecule has 1 aliphatic heterocycles. The van der Waals surface area contributed by atoms with E-state index in [1.165, 1.54) is 0 Å². The SMILES string of the molecule is O=C1c2ccccc2-n2c(nc3ccccc32)CCC1c1ccc(Cl)cc1. The van der Waals surface area contributed by atoms with Crippen molar-refractivity contribution < 1.29 is 4.79 Å². The molecule has 3 aromatic carbocycles. The zero-order chi connectivity index (χ0) is 18.4. The monoisotopic (exact) mass is 372 g/mol. The molecule has 132 valence electrons. The Hall–Kier alpha value is -2.91. The van der Waals surface area contributed by atoms with Crippen molar-refractivity contribution in [1.82, 2.24) is 9.55 Å². The number of para-hydroxylation sites is 3. The Labute approximate surface area is 162 Å².